The zero-order chi connectivity index (χ0) is 14.8. The Balaban J connectivity index is 0. The van der Waals surface area contributed by atoms with Crippen LogP contribution in [0.5, 0.6) is 5.75 Å². The summed E-state index contributed by atoms with van der Waals surface area (Å²) < 4.78 is 37.0. The predicted octanol–water partition coefficient (Wildman–Crippen LogP) is 3.41. The summed E-state index contributed by atoms with van der Waals surface area (Å²) in [4.78, 5) is 0. The molecule has 122 valence electrons. The molecule has 0 spiro atoms. The fourth-order valence-electron chi connectivity index (χ4n) is 1.25. The molecule has 0 aliphatic carbocycles. The van der Waals surface area contributed by atoms with Crippen LogP contribution in [0.4, 0.5) is 0 Å². The quantitative estimate of drug-likeness (QED) is 0.497. The van der Waals surface area contributed by atoms with Crippen molar-refractivity contribution in [2.75, 3.05) is 0 Å². The van der Waals surface area contributed by atoms with Gasteiger partial charge in [-0.05, 0) is 23.8 Å². The van der Waals surface area contributed by atoms with Crippen LogP contribution >= 0.6 is 0 Å². The van der Waals surface area contributed by atoms with Crippen molar-refractivity contribution >= 4 is 16.5 Å². The van der Waals surface area contributed by atoms with Gasteiger partial charge in [0.15, 0.2) is 0 Å². The van der Waals surface area contributed by atoms with Crippen molar-refractivity contribution in [1.82, 2.24) is 12.3 Å². The van der Waals surface area contributed by atoms with Crippen molar-refractivity contribution < 1.29 is 22.3 Å². The van der Waals surface area contributed by atoms with E-state index in [9.17, 15) is 0 Å². The minimum atomic E-state index is -4.67. The van der Waals surface area contributed by atoms with Gasteiger partial charge in [0.25, 0.3) is 0 Å². The van der Waals surface area contributed by atoms with Gasteiger partial charge in [0.2, 0.25) is 0 Å². The lowest BCUT2D eigenvalue weighted by Crippen LogP contribution is -1.89. The van der Waals surface area contributed by atoms with Crippen molar-refractivity contribution in [3.8, 4) is 5.75 Å². The highest BCUT2D eigenvalue weighted by molar-refractivity contribution is 7.79. The number of ether oxygens (including phenoxy) is 1. The third-order valence-electron chi connectivity index (χ3n) is 2.01. The summed E-state index contributed by atoms with van der Waals surface area (Å²) in [5, 5.41) is 0. The Bertz CT molecular complexity index is 623. The standard InChI is InChI=1S/C14H12O.2H3N.H2O4S/c1-3-7-13(8-4-1)11-12-15-14-9-5-2-6-10-14;;;1-5(2,3)4/h1-12H;2*1H3;(H2,1,2,3,4). The van der Waals surface area contributed by atoms with E-state index in [2.05, 4.69) is 0 Å². The SMILES string of the molecule is C(=Cc1ccccc1)Oc1ccccc1.N.N.O=S(=O)(O)O. The van der Waals surface area contributed by atoms with Gasteiger partial charge in [-0.2, -0.15) is 8.42 Å². The van der Waals surface area contributed by atoms with Gasteiger partial charge < -0.3 is 17.0 Å². The molecular formula is C14H20N2O5S. The molecule has 8 heteroatoms. The largest absolute Gasteiger partial charge is 0.465 e. The summed E-state index contributed by atoms with van der Waals surface area (Å²) in [6, 6.07) is 19.8. The van der Waals surface area contributed by atoms with Crippen LogP contribution < -0.4 is 17.0 Å². The molecule has 2 aromatic carbocycles. The highest BCUT2D eigenvalue weighted by Crippen LogP contribution is 2.09. The van der Waals surface area contributed by atoms with Gasteiger partial charge in [0.1, 0.15) is 5.75 Å². The molecule has 0 atom stereocenters. The molecule has 0 bridgehead atoms. The molecule has 0 heterocycles. The maximum absolute atomic E-state index is 8.74. The molecule has 8 N–H and O–H groups in total. The first-order chi connectivity index (χ1) is 9.45. The lowest BCUT2D eigenvalue weighted by molar-refractivity contribution is 0.381. The van der Waals surface area contributed by atoms with Crippen molar-refractivity contribution in [2.45, 2.75) is 0 Å². The second kappa shape index (κ2) is 11.4. The van der Waals surface area contributed by atoms with Crippen molar-refractivity contribution in [1.29, 1.82) is 0 Å². The van der Waals surface area contributed by atoms with E-state index < -0.39 is 10.4 Å². The van der Waals surface area contributed by atoms with Gasteiger partial charge in [-0.3, -0.25) is 9.11 Å². The predicted molar refractivity (Wildman–Crippen MR) is 86.8 cm³/mol. The molecule has 2 aromatic rings. The fourth-order valence-corrected chi connectivity index (χ4v) is 1.25. The van der Waals surface area contributed by atoms with E-state index in [-0.39, 0.29) is 12.3 Å². The molecule has 0 saturated heterocycles. The van der Waals surface area contributed by atoms with Crippen LogP contribution in [0.1, 0.15) is 5.56 Å². The Morgan fingerprint density at radius 3 is 1.68 bits per heavy atom. The van der Waals surface area contributed by atoms with Crippen LogP contribution in [0.3, 0.4) is 0 Å². The summed E-state index contributed by atoms with van der Waals surface area (Å²) in [6.45, 7) is 0. The third kappa shape index (κ3) is 12.8. The summed E-state index contributed by atoms with van der Waals surface area (Å²) >= 11 is 0. The first-order valence-corrected chi connectivity index (χ1v) is 6.98. The van der Waals surface area contributed by atoms with Gasteiger partial charge in [-0.15, -0.1) is 0 Å². The first-order valence-electron chi connectivity index (χ1n) is 5.58. The molecule has 0 aliphatic rings. The summed E-state index contributed by atoms with van der Waals surface area (Å²) in [5.74, 6) is 0.852. The van der Waals surface area contributed by atoms with Gasteiger partial charge in [0.05, 0.1) is 6.26 Å². The number of hydrogen-bond acceptors (Lipinski definition) is 5. The van der Waals surface area contributed by atoms with Crippen molar-refractivity contribution in [3.63, 3.8) is 0 Å². The van der Waals surface area contributed by atoms with E-state index in [0.29, 0.717) is 0 Å². The summed E-state index contributed by atoms with van der Waals surface area (Å²) in [7, 11) is -4.67. The van der Waals surface area contributed by atoms with Gasteiger partial charge in [0, 0.05) is 0 Å². The van der Waals surface area contributed by atoms with Gasteiger partial charge in [-0.1, -0.05) is 48.5 Å². The average Bonchev–Trinajstić information content (AvgIpc) is 2.39. The van der Waals surface area contributed by atoms with Crippen LogP contribution in [-0.4, -0.2) is 17.5 Å². The Morgan fingerprint density at radius 1 is 0.818 bits per heavy atom. The highest BCUT2D eigenvalue weighted by atomic mass is 32.3. The minimum absolute atomic E-state index is 0. The molecule has 0 aromatic heterocycles. The van der Waals surface area contributed by atoms with E-state index in [1.165, 1.54) is 0 Å². The Labute approximate surface area is 130 Å². The highest BCUT2D eigenvalue weighted by Gasteiger charge is 1.86. The summed E-state index contributed by atoms with van der Waals surface area (Å²) in [6.07, 6.45) is 3.64. The first kappa shape index (κ1) is 22.1. The number of rotatable bonds is 3. The van der Waals surface area contributed by atoms with E-state index in [1.807, 2.05) is 66.7 Å². The van der Waals surface area contributed by atoms with Crippen LogP contribution in [0.15, 0.2) is 66.9 Å². The zero-order valence-electron chi connectivity index (χ0n) is 11.9. The smallest absolute Gasteiger partial charge is 0.394 e. The molecule has 0 radical (unpaired) electrons. The molecule has 0 aliphatic heterocycles. The van der Waals surface area contributed by atoms with Crippen LogP contribution in [-0.2, 0) is 10.4 Å². The van der Waals surface area contributed by atoms with Crippen LogP contribution in [0.25, 0.3) is 6.08 Å². The maximum Gasteiger partial charge on any atom is 0.394 e. The number of benzene rings is 2. The molecule has 0 fully saturated rings. The molecule has 7 nitrogen and oxygen atoms in total. The monoisotopic (exact) mass is 328 g/mol. The van der Waals surface area contributed by atoms with E-state index in [4.69, 9.17) is 22.3 Å². The Hall–Kier alpha value is -2.23. The molecular weight excluding hydrogens is 308 g/mol. The lowest BCUT2D eigenvalue weighted by Gasteiger charge is -1.98. The summed E-state index contributed by atoms with van der Waals surface area (Å²) in [5.41, 5.74) is 1.13. The van der Waals surface area contributed by atoms with Crippen molar-refractivity contribution in [3.05, 3.63) is 72.5 Å². The topological polar surface area (TPSA) is 154 Å². The number of para-hydroxylation sites is 1. The van der Waals surface area contributed by atoms with E-state index in [1.54, 1.807) is 6.26 Å². The molecule has 0 saturated carbocycles. The molecule has 0 unspecified atom stereocenters. The van der Waals surface area contributed by atoms with Gasteiger partial charge >= 0.3 is 10.4 Å². The van der Waals surface area contributed by atoms with E-state index in [0.717, 1.165) is 11.3 Å². The zero-order valence-corrected chi connectivity index (χ0v) is 12.7. The third-order valence-corrected chi connectivity index (χ3v) is 2.01. The second-order valence-corrected chi connectivity index (χ2v) is 4.49. The normalized spacial score (nSPS) is 9.73. The molecule has 22 heavy (non-hydrogen) atoms. The van der Waals surface area contributed by atoms with Crippen LogP contribution in [0, 0.1) is 0 Å². The van der Waals surface area contributed by atoms with E-state index >= 15 is 0 Å². The average molecular weight is 328 g/mol. The Morgan fingerprint density at radius 2 is 1.23 bits per heavy atom. The molecule has 2 rings (SSSR count). The number of hydrogen-bond donors (Lipinski definition) is 4. The Kier molecular flexibility index (Phi) is 11.5. The van der Waals surface area contributed by atoms with Crippen LogP contribution in [0.2, 0.25) is 0 Å². The lowest BCUT2D eigenvalue weighted by atomic mass is 10.2. The molecule has 0 amide bonds. The minimum Gasteiger partial charge on any atom is -0.465 e. The van der Waals surface area contributed by atoms with Crippen molar-refractivity contribution in [2.24, 2.45) is 0 Å². The maximum atomic E-state index is 8.74. The second-order valence-electron chi connectivity index (χ2n) is 3.59. The fraction of sp³-hybridized carbons (Fsp3) is 0. The van der Waals surface area contributed by atoms with Gasteiger partial charge in [-0.25, -0.2) is 0 Å².